The molecule has 2 aromatic rings. The zero-order chi connectivity index (χ0) is 34.2. The number of carbonyl (C=O) groups excluding carboxylic acids is 1. The number of halogens is 3. The van der Waals surface area contributed by atoms with Gasteiger partial charge in [-0.1, -0.05) is 12.1 Å². The molecule has 0 bridgehead atoms. The Morgan fingerprint density at radius 2 is 1.88 bits per heavy atom. The number of piperidine rings is 1. The fourth-order valence-corrected chi connectivity index (χ4v) is 8.52. The minimum absolute atomic E-state index is 0.0134. The van der Waals surface area contributed by atoms with E-state index in [-0.39, 0.29) is 56.2 Å². The summed E-state index contributed by atoms with van der Waals surface area (Å²) >= 11 is 0. The first kappa shape index (κ1) is 35.1. The number of alkyl halides is 3. The van der Waals surface area contributed by atoms with Crippen molar-refractivity contribution < 1.29 is 40.6 Å². The number of benzene rings is 1. The highest BCUT2D eigenvalue weighted by Crippen LogP contribution is 2.38. The van der Waals surface area contributed by atoms with Gasteiger partial charge in [-0.25, -0.2) is 8.42 Å². The molecule has 1 atom stereocenters. The Morgan fingerprint density at radius 1 is 1.12 bits per heavy atom. The molecule has 2 saturated heterocycles. The number of amidine groups is 1. The summed E-state index contributed by atoms with van der Waals surface area (Å²) in [5.74, 6) is -0.138. The minimum atomic E-state index is -4.14. The topological polar surface area (TPSA) is 111 Å². The van der Waals surface area contributed by atoms with Crippen LogP contribution in [0.5, 0.6) is 0 Å². The SMILES string of the molecule is CC1(C)OC[C@@H](COCCn2ccc3c(/C=C/S(=O)(=O)N4CCC5(CC4)N=C(C4CCC(CCC(F)(F)F)CC4)NC5=O)cccc32)O1. The van der Waals surface area contributed by atoms with Crippen LogP contribution in [0.4, 0.5) is 13.2 Å². The lowest BCUT2D eigenvalue weighted by Gasteiger charge is -2.34. The summed E-state index contributed by atoms with van der Waals surface area (Å²) in [6, 6.07) is 7.73. The molecule has 4 heterocycles. The summed E-state index contributed by atoms with van der Waals surface area (Å²) in [7, 11) is -3.75. The van der Waals surface area contributed by atoms with Crippen molar-refractivity contribution >= 4 is 38.7 Å². The highest BCUT2D eigenvalue weighted by Gasteiger charge is 2.48. The van der Waals surface area contributed by atoms with Gasteiger partial charge in [-0.2, -0.15) is 17.5 Å². The van der Waals surface area contributed by atoms with Crippen LogP contribution in [0.2, 0.25) is 0 Å². The van der Waals surface area contributed by atoms with Crippen LogP contribution in [0.25, 0.3) is 17.0 Å². The van der Waals surface area contributed by atoms with Crippen LogP contribution in [0.15, 0.2) is 40.9 Å². The van der Waals surface area contributed by atoms with E-state index in [0.717, 1.165) is 16.5 Å². The van der Waals surface area contributed by atoms with E-state index >= 15 is 0 Å². The molecule has 264 valence electrons. The van der Waals surface area contributed by atoms with Crippen LogP contribution in [0, 0.1) is 11.8 Å². The molecule has 3 aliphatic heterocycles. The van der Waals surface area contributed by atoms with E-state index in [4.69, 9.17) is 19.2 Å². The Kier molecular flexibility index (Phi) is 10.1. The van der Waals surface area contributed by atoms with Gasteiger partial charge in [-0.15, -0.1) is 0 Å². The van der Waals surface area contributed by atoms with E-state index in [0.29, 0.717) is 57.9 Å². The Hall–Kier alpha value is -2.78. The van der Waals surface area contributed by atoms with Gasteiger partial charge in [-0.3, -0.25) is 9.79 Å². The molecular formula is C34H45F3N4O6S. The summed E-state index contributed by atoms with van der Waals surface area (Å²) < 4.78 is 85.3. The quantitative estimate of drug-likeness (QED) is 0.306. The maximum absolute atomic E-state index is 13.4. The van der Waals surface area contributed by atoms with Crippen LogP contribution < -0.4 is 5.32 Å². The lowest BCUT2D eigenvalue weighted by molar-refractivity contribution is -0.145. The Morgan fingerprint density at radius 3 is 2.56 bits per heavy atom. The van der Waals surface area contributed by atoms with Crippen molar-refractivity contribution in [3.05, 3.63) is 41.4 Å². The predicted octanol–water partition coefficient (Wildman–Crippen LogP) is 5.62. The van der Waals surface area contributed by atoms with Gasteiger partial charge in [0.15, 0.2) is 5.79 Å². The third-order valence-corrected chi connectivity index (χ3v) is 11.7. The normalized spacial score (nSPS) is 26.5. The molecule has 14 heteroatoms. The van der Waals surface area contributed by atoms with Crippen molar-refractivity contribution in [3.63, 3.8) is 0 Å². The number of hydrogen-bond acceptors (Lipinski definition) is 7. The van der Waals surface area contributed by atoms with Crippen molar-refractivity contribution in [2.75, 3.05) is 32.9 Å². The Bertz CT molecular complexity index is 1640. The molecule has 1 aliphatic carbocycles. The molecule has 1 amide bonds. The van der Waals surface area contributed by atoms with Crippen LogP contribution >= 0.6 is 0 Å². The van der Waals surface area contributed by atoms with Gasteiger partial charge in [-0.05, 0) is 88.5 Å². The summed E-state index contributed by atoms with van der Waals surface area (Å²) in [6.45, 7) is 6.16. The lowest BCUT2D eigenvalue weighted by atomic mass is 9.79. The van der Waals surface area contributed by atoms with Crippen molar-refractivity contribution in [2.24, 2.45) is 16.8 Å². The van der Waals surface area contributed by atoms with Gasteiger partial charge in [0.2, 0.25) is 10.0 Å². The van der Waals surface area contributed by atoms with Crippen LogP contribution in [-0.4, -0.2) is 85.5 Å². The number of carbonyl (C=O) groups is 1. The Balaban J connectivity index is 1.01. The lowest BCUT2D eigenvalue weighted by Crippen LogP contribution is -2.50. The molecule has 1 N–H and O–H groups in total. The predicted molar refractivity (Wildman–Crippen MR) is 175 cm³/mol. The minimum Gasteiger partial charge on any atom is -0.377 e. The fourth-order valence-electron chi connectivity index (χ4n) is 7.33. The molecule has 4 aliphatic rings. The molecule has 10 nitrogen and oxygen atoms in total. The fraction of sp³-hybridized carbons (Fsp3) is 0.647. The van der Waals surface area contributed by atoms with Gasteiger partial charge in [0.05, 0.1) is 19.8 Å². The van der Waals surface area contributed by atoms with Crippen molar-refractivity contribution in [3.8, 4) is 0 Å². The Labute approximate surface area is 279 Å². The molecule has 1 saturated carbocycles. The molecule has 6 rings (SSSR count). The van der Waals surface area contributed by atoms with Crippen LogP contribution in [0.3, 0.4) is 0 Å². The van der Waals surface area contributed by atoms with Crippen molar-refractivity contribution in [1.82, 2.24) is 14.2 Å². The molecule has 1 spiro atoms. The number of amides is 1. The van der Waals surface area contributed by atoms with Crippen LogP contribution in [0.1, 0.15) is 70.8 Å². The second-order valence-electron chi connectivity index (χ2n) is 13.9. The number of rotatable bonds is 11. The van der Waals surface area contributed by atoms with E-state index in [9.17, 15) is 26.4 Å². The summed E-state index contributed by atoms with van der Waals surface area (Å²) in [4.78, 5) is 17.9. The highest BCUT2D eigenvalue weighted by molar-refractivity contribution is 7.92. The number of aromatic nitrogens is 1. The standard InChI is InChI=1S/C34H45F3N4O6S/c1-32(2)46-23-27(47-32)22-45-20-19-40-16-11-28-25(4-3-5-29(28)40)12-21-48(43,44)41-17-14-33(15-18-41)31(42)38-30(39-33)26-8-6-24(7-9-26)10-13-34(35,36)37/h3-5,11-12,16,21,24,26-27H,6-10,13-15,17-20,22-23H2,1-2H3,(H,38,39,42)/b21-12+/t24?,26?,27-/m1/s1. The molecule has 48 heavy (non-hydrogen) atoms. The number of aliphatic imine (C=N–C) groups is 1. The van der Waals surface area contributed by atoms with E-state index in [1.807, 2.05) is 44.3 Å². The molecule has 1 aromatic carbocycles. The maximum Gasteiger partial charge on any atom is 0.389 e. The zero-order valence-corrected chi connectivity index (χ0v) is 28.3. The van der Waals surface area contributed by atoms with E-state index in [2.05, 4.69) is 9.88 Å². The highest BCUT2D eigenvalue weighted by atomic mass is 32.2. The summed E-state index contributed by atoms with van der Waals surface area (Å²) in [5, 5.41) is 5.09. The van der Waals surface area contributed by atoms with E-state index < -0.39 is 33.9 Å². The summed E-state index contributed by atoms with van der Waals surface area (Å²) in [6.07, 6.45) is 2.02. The first-order valence-corrected chi connectivity index (χ1v) is 18.4. The van der Waals surface area contributed by atoms with Gasteiger partial charge in [0.1, 0.15) is 17.5 Å². The second-order valence-corrected chi connectivity index (χ2v) is 15.7. The number of ether oxygens (including phenoxy) is 3. The van der Waals surface area contributed by atoms with Gasteiger partial charge >= 0.3 is 6.18 Å². The van der Waals surface area contributed by atoms with E-state index in [1.54, 1.807) is 6.08 Å². The number of fused-ring (bicyclic) bond motifs is 1. The van der Waals surface area contributed by atoms with Crippen molar-refractivity contribution in [2.45, 2.75) is 95.4 Å². The number of nitrogens with zero attached hydrogens (tertiary/aromatic N) is 3. The average Bonchev–Trinajstić information content (AvgIpc) is 3.72. The molecular weight excluding hydrogens is 649 g/mol. The smallest absolute Gasteiger partial charge is 0.377 e. The number of sulfonamides is 1. The number of nitrogens with one attached hydrogen (secondary N) is 1. The first-order chi connectivity index (χ1) is 22.7. The zero-order valence-electron chi connectivity index (χ0n) is 27.5. The largest absolute Gasteiger partial charge is 0.389 e. The van der Waals surface area contributed by atoms with Gasteiger partial charge < -0.3 is 24.1 Å². The van der Waals surface area contributed by atoms with Gasteiger partial charge in [0, 0.05) is 54.5 Å². The second kappa shape index (κ2) is 13.9. The maximum atomic E-state index is 13.4. The van der Waals surface area contributed by atoms with Crippen molar-refractivity contribution in [1.29, 1.82) is 0 Å². The van der Waals surface area contributed by atoms with E-state index in [1.165, 1.54) is 9.71 Å². The third kappa shape index (κ3) is 8.15. The van der Waals surface area contributed by atoms with Crippen LogP contribution in [-0.2, 0) is 35.6 Å². The third-order valence-electron chi connectivity index (χ3n) is 10.1. The molecule has 0 unspecified atom stereocenters. The number of hydrogen-bond donors (Lipinski definition) is 1. The van der Waals surface area contributed by atoms with Gasteiger partial charge in [0.25, 0.3) is 5.91 Å². The molecule has 1 aromatic heterocycles. The average molecular weight is 695 g/mol. The summed E-state index contributed by atoms with van der Waals surface area (Å²) in [5.41, 5.74) is 0.751. The first-order valence-electron chi connectivity index (χ1n) is 16.9. The monoisotopic (exact) mass is 694 g/mol. The molecule has 0 radical (unpaired) electrons. The molecule has 3 fully saturated rings.